The van der Waals surface area contributed by atoms with Gasteiger partial charge in [-0.1, -0.05) is 43.9 Å². The van der Waals surface area contributed by atoms with Crippen LogP contribution in [0, 0.1) is 0 Å². The van der Waals surface area contributed by atoms with Crippen LogP contribution < -0.4 is 0 Å². The summed E-state index contributed by atoms with van der Waals surface area (Å²) in [5.74, 6) is 0. The van der Waals surface area contributed by atoms with Gasteiger partial charge in [-0.2, -0.15) is 5.10 Å². The molecule has 2 heterocycles. The topological polar surface area (TPSA) is 39.9 Å². The van der Waals surface area contributed by atoms with Crippen molar-refractivity contribution >= 4 is 36.7 Å². The average molecular weight is 310 g/mol. The monoisotopic (exact) mass is 309 g/mol. The van der Waals surface area contributed by atoms with Crippen LogP contribution in [-0.2, 0) is 11.5 Å². The summed E-state index contributed by atoms with van der Waals surface area (Å²) < 4.78 is 7.55. The van der Waals surface area contributed by atoms with E-state index in [0.717, 1.165) is 29.1 Å². The standard InChI is InChI=1S/C14H20ClN3OSi/c1-5-12-13-11(8-16-14(12)15)9-17-18(13)10-19-6-7-20(2,3)4/h5,8-9H,1,6-7,10H2,2-4H3. The maximum absolute atomic E-state index is 6.09. The molecule has 0 aliphatic rings. The average Bonchev–Trinajstić information content (AvgIpc) is 2.77. The highest BCUT2D eigenvalue weighted by atomic mass is 35.5. The quantitative estimate of drug-likeness (QED) is 0.459. The molecule has 0 saturated heterocycles. The molecule has 0 spiro atoms. The molecule has 0 bridgehead atoms. The number of hydrogen-bond donors (Lipinski definition) is 0. The molecule has 0 aliphatic carbocycles. The van der Waals surface area contributed by atoms with E-state index in [1.54, 1.807) is 18.5 Å². The summed E-state index contributed by atoms with van der Waals surface area (Å²) in [6.07, 6.45) is 5.20. The molecule has 2 aromatic rings. The third-order valence-corrected chi connectivity index (χ3v) is 5.08. The van der Waals surface area contributed by atoms with E-state index in [1.165, 1.54) is 0 Å². The molecule has 108 valence electrons. The number of halogens is 1. The highest BCUT2D eigenvalue weighted by Crippen LogP contribution is 2.24. The molecule has 0 N–H and O–H groups in total. The van der Waals surface area contributed by atoms with E-state index >= 15 is 0 Å². The van der Waals surface area contributed by atoms with Crippen molar-refractivity contribution in [1.82, 2.24) is 14.8 Å². The molecule has 0 fully saturated rings. The number of pyridine rings is 1. The zero-order valence-electron chi connectivity index (χ0n) is 12.2. The number of rotatable bonds is 6. The van der Waals surface area contributed by atoms with Crippen LogP contribution in [0.25, 0.3) is 17.0 Å². The number of hydrogen-bond acceptors (Lipinski definition) is 3. The first-order valence-electron chi connectivity index (χ1n) is 6.62. The Morgan fingerprint density at radius 3 is 2.80 bits per heavy atom. The first-order chi connectivity index (χ1) is 9.42. The Morgan fingerprint density at radius 1 is 1.40 bits per heavy atom. The SMILES string of the molecule is C=Cc1c(Cl)ncc2cnn(COCC[Si](C)(C)C)c12. The number of aromatic nitrogens is 3. The fraction of sp³-hybridized carbons (Fsp3) is 0.429. The lowest BCUT2D eigenvalue weighted by Crippen LogP contribution is -2.22. The summed E-state index contributed by atoms with van der Waals surface area (Å²) in [4.78, 5) is 4.13. The Morgan fingerprint density at radius 2 is 2.15 bits per heavy atom. The zero-order valence-corrected chi connectivity index (χ0v) is 13.9. The largest absolute Gasteiger partial charge is 0.360 e. The van der Waals surface area contributed by atoms with E-state index in [2.05, 4.69) is 36.3 Å². The summed E-state index contributed by atoms with van der Waals surface area (Å²) in [5.41, 5.74) is 1.73. The van der Waals surface area contributed by atoms with E-state index in [9.17, 15) is 0 Å². The molecule has 0 radical (unpaired) electrons. The van der Waals surface area contributed by atoms with Gasteiger partial charge in [0.15, 0.2) is 0 Å². The first-order valence-corrected chi connectivity index (χ1v) is 10.7. The van der Waals surface area contributed by atoms with Crippen molar-refractivity contribution in [1.29, 1.82) is 0 Å². The molecule has 0 aliphatic heterocycles. The van der Waals surface area contributed by atoms with Gasteiger partial charge in [0.05, 0.1) is 11.7 Å². The Bertz CT molecular complexity index is 619. The van der Waals surface area contributed by atoms with Crippen molar-refractivity contribution < 1.29 is 4.74 Å². The minimum atomic E-state index is -1.06. The molecule has 0 atom stereocenters. The van der Waals surface area contributed by atoms with Gasteiger partial charge in [-0.15, -0.1) is 0 Å². The number of ether oxygens (including phenoxy) is 1. The van der Waals surface area contributed by atoms with Gasteiger partial charge in [-0.05, 0) is 6.04 Å². The lowest BCUT2D eigenvalue weighted by Gasteiger charge is -2.15. The molecular formula is C14H20ClN3OSi. The van der Waals surface area contributed by atoms with Gasteiger partial charge in [-0.25, -0.2) is 9.67 Å². The lowest BCUT2D eigenvalue weighted by molar-refractivity contribution is 0.0817. The Hall–Kier alpha value is -1.17. The maximum Gasteiger partial charge on any atom is 0.140 e. The summed E-state index contributed by atoms with van der Waals surface area (Å²) in [5, 5.41) is 5.72. The second-order valence-electron chi connectivity index (χ2n) is 5.96. The minimum Gasteiger partial charge on any atom is -0.360 e. The van der Waals surface area contributed by atoms with E-state index in [0.29, 0.717) is 11.9 Å². The maximum atomic E-state index is 6.09. The van der Waals surface area contributed by atoms with Gasteiger partial charge in [0, 0.05) is 31.8 Å². The van der Waals surface area contributed by atoms with E-state index in [1.807, 2.05) is 4.68 Å². The van der Waals surface area contributed by atoms with Crippen LogP contribution in [0.4, 0.5) is 0 Å². The molecule has 0 saturated carbocycles. The fourth-order valence-corrected chi connectivity index (χ4v) is 2.86. The molecular weight excluding hydrogens is 290 g/mol. The highest BCUT2D eigenvalue weighted by Gasteiger charge is 2.13. The zero-order chi connectivity index (χ0) is 14.8. The first kappa shape index (κ1) is 15.2. The number of nitrogens with zero attached hydrogens (tertiary/aromatic N) is 3. The van der Waals surface area contributed by atoms with Crippen molar-refractivity contribution in [2.24, 2.45) is 0 Å². The molecule has 0 aromatic carbocycles. The molecule has 20 heavy (non-hydrogen) atoms. The Balaban J connectivity index is 2.15. The van der Waals surface area contributed by atoms with Crippen molar-refractivity contribution in [2.45, 2.75) is 32.4 Å². The molecule has 2 aromatic heterocycles. The molecule has 4 nitrogen and oxygen atoms in total. The third-order valence-electron chi connectivity index (χ3n) is 3.08. The van der Waals surface area contributed by atoms with Crippen molar-refractivity contribution in [2.75, 3.05) is 6.61 Å². The predicted molar refractivity (Wildman–Crippen MR) is 86.7 cm³/mol. The Labute approximate surface area is 125 Å². The van der Waals surface area contributed by atoms with Gasteiger partial charge in [0.1, 0.15) is 11.9 Å². The van der Waals surface area contributed by atoms with Crippen molar-refractivity contribution in [3.05, 3.63) is 29.7 Å². The smallest absolute Gasteiger partial charge is 0.140 e. The van der Waals surface area contributed by atoms with Crippen molar-refractivity contribution in [3.63, 3.8) is 0 Å². The minimum absolute atomic E-state index is 0.426. The summed E-state index contributed by atoms with van der Waals surface area (Å²) in [6.45, 7) is 12.0. The number of fused-ring (bicyclic) bond motifs is 1. The van der Waals surface area contributed by atoms with E-state index < -0.39 is 8.07 Å². The fourth-order valence-electron chi connectivity index (χ4n) is 1.89. The van der Waals surface area contributed by atoms with Crippen molar-refractivity contribution in [3.8, 4) is 0 Å². The van der Waals surface area contributed by atoms with Gasteiger partial charge in [-0.3, -0.25) is 0 Å². The molecule has 6 heteroatoms. The van der Waals surface area contributed by atoms with Crippen LogP contribution in [0.1, 0.15) is 5.56 Å². The van der Waals surface area contributed by atoms with Crippen LogP contribution in [0.2, 0.25) is 30.8 Å². The van der Waals surface area contributed by atoms with Crippen LogP contribution in [0.15, 0.2) is 19.0 Å². The van der Waals surface area contributed by atoms with Crippen LogP contribution >= 0.6 is 11.6 Å². The third kappa shape index (κ3) is 3.48. The second kappa shape index (κ2) is 6.07. The normalized spacial score (nSPS) is 12.0. The van der Waals surface area contributed by atoms with Crippen LogP contribution in [-0.4, -0.2) is 29.4 Å². The molecule has 2 rings (SSSR count). The van der Waals surface area contributed by atoms with Gasteiger partial charge in [0.2, 0.25) is 0 Å². The van der Waals surface area contributed by atoms with E-state index in [-0.39, 0.29) is 0 Å². The van der Waals surface area contributed by atoms with Gasteiger partial charge >= 0.3 is 0 Å². The Kier molecular flexibility index (Phi) is 4.62. The van der Waals surface area contributed by atoms with Gasteiger partial charge in [0.25, 0.3) is 0 Å². The van der Waals surface area contributed by atoms with Crippen LogP contribution in [0.5, 0.6) is 0 Å². The van der Waals surface area contributed by atoms with E-state index in [4.69, 9.17) is 16.3 Å². The lowest BCUT2D eigenvalue weighted by atomic mass is 10.2. The second-order valence-corrected chi connectivity index (χ2v) is 11.9. The molecule has 0 amide bonds. The van der Waals surface area contributed by atoms with Gasteiger partial charge < -0.3 is 4.74 Å². The summed E-state index contributed by atoms with van der Waals surface area (Å²) in [6, 6.07) is 1.14. The highest BCUT2D eigenvalue weighted by molar-refractivity contribution is 6.76. The predicted octanol–water partition coefficient (Wildman–Crippen LogP) is 4.04. The van der Waals surface area contributed by atoms with Crippen LogP contribution in [0.3, 0.4) is 0 Å². The summed E-state index contributed by atoms with van der Waals surface area (Å²) >= 11 is 6.09. The summed E-state index contributed by atoms with van der Waals surface area (Å²) in [7, 11) is -1.06. The molecule has 0 unspecified atom stereocenters.